The Hall–Kier alpha value is -4.94. The molecule has 4 heterocycles. The van der Waals surface area contributed by atoms with Crippen LogP contribution < -0.4 is 18.9 Å². The van der Waals surface area contributed by atoms with Crippen molar-refractivity contribution in [2.75, 3.05) is 26.9 Å². The van der Waals surface area contributed by atoms with Gasteiger partial charge in [-0.3, -0.25) is 0 Å². The molecule has 0 amide bonds. The fourth-order valence-corrected chi connectivity index (χ4v) is 14.6. The van der Waals surface area contributed by atoms with E-state index < -0.39 is 11.2 Å². The number of aliphatic hydroxyl groups is 2. The molecule has 4 aromatic heterocycles. The maximum Gasteiger partial charge on any atom is 0.150 e. The predicted octanol–water partition coefficient (Wildman–Crippen LogP) is 19.2. The molecule has 6 nitrogen and oxygen atoms in total. The first-order valence-electron chi connectivity index (χ1n) is 27.8. The van der Waals surface area contributed by atoms with Gasteiger partial charge in [-0.05, 0) is 125 Å². The molecule has 398 valence electrons. The van der Waals surface area contributed by atoms with Crippen LogP contribution in [0, 0.1) is 0 Å². The van der Waals surface area contributed by atoms with Crippen LogP contribution in [-0.4, -0.2) is 37.1 Å². The highest BCUT2D eigenvalue weighted by atomic mass is 32.1. The number of benzene rings is 4. The third-order valence-corrected chi connectivity index (χ3v) is 18.8. The zero-order chi connectivity index (χ0) is 52.3. The molecule has 0 bridgehead atoms. The lowest BCUT2D eigenvalue weighted by molar-refractivity contribution is 0.129. The van der Waals surface area contributed by atoms with Gasteiger partial charge in [-0.15, -0.1) is 45.3 Å². The fraction of sp³-hybridized carbons (Fsp3) is 0.415. The molecular formula is C65H78O6S4. The van der Waals surface area contributed by atoms with E-state index in [-0.39, 0.29) is 0 Å². The standard InChI is InChI=1S/C65H78O6S4/c1-5-8-11-14-17-20-41-69-53-33-25-49(26-34-53)64(66,48-23-31-52(68-4)32-24-48)62-56(39-44-72-62)58-46-60-61(74-58)47-59(75-60)57-40-45-73-63(57)65(67,50-27-35-54(36-28-50)70-42-21-18-15-12-9-6-2)51-29-37-55(38-30-51)71-43-22-19-16-13-10-7-3/h23-40,44-47,66-67H,5-22,41-43H2,1-4H3. The fourth-order valence-electron chi connectivity index (χ4n) is 9.95. The van der Waals surface area contributed by atoms with Gasteiger partial charge in [0.15, 0.2) is 0 Å². The van der Waals surface area contributed by atoms with Crippen molar-refractivity contribution in [2.45, 2.75) is 148 Å². The van der Waals surface area contributed by atoms with Crippen LogP contribution in [0.5, 0.6) is 23.0 Å². The lowest BCUT2D eigenvalue weighted by atomic mass is 9.83. The lowest BCUT2D eigenvalue weighted by Crippen LogP contribution is -2.28. The van der Waals surface area contributed by atoms with Gasteiger partial charge in [-0.1, -0.05) is 166 Å². The van der Waals surface area contributed by atoms with Crippen molar-refractivity contribution in [2.24, 2.45) is 0 Å². The summed E-state index contributed by atoms with van der Waals surface area (Å²) in [5, 5.41) is 30.8. The Morgan fingerprint density at radius 2 is 0.667 bits per heavy atom. The van der Waals surface area contributed by atoms with Gasteiger partial charge in [0.2, 0.25) is 0 Å². The third kappa shape index (κ3) is 14.2. The highest BCUT2D eigenvalue weighted by Gasteiger charge is 2.40. The first-order valence-corrected chi connectivity index (χ1v) is 31.2. The van der Waals surface area contributed by atoms with Crippen molar-refractivity contribution >= 4 is 54.7 Å². The average Bonchev–Trinajstić information content (AvgIpc) is 4.29. The summed E-state index contributed by atoms with van der Waals surface area (Å²) < 4.78 is 26.5. The van der Waals surface area contributed by atoms with Crippen molar-refractivity contribution in [3.05, 3.63) is 164 Å². The van der Waals surface area contributed by atoms with E-state index in [4.69, 9.17) is 18.9 Å². The number of ether oxygens (including phenoxy) is 4. The molecule has 8 aromatic rings. The van der Waals surface area contributed by atoms with Crippen molar-refractivity contribution in [3.8, 4) is 43.9 Å². The van der Waals surface area contributed by atoms with E-state index in [9.17, 15) is 10.2 Å². The van der Waals surface area contributed by atoms with Crippen LogP contribution in [0.15, 0.2) is 132 Å². The number of thiophene rings is 4. The highest BCUT2D eigenvalue weighted by molar-refractivity contribution is 7.31. The van der Waals surface area contributed by atoms with E-state index in [1.165, 1.54) is 96.3 Å². The Morgan fingerprint density at radius 1 is 0.373 bits per heavy atom. The number of fused-ring (bicyclic) bond motifs is 1. The maximum absolute atomic E-state index is 13.4. The van der Waals surface area contributed by atoms with Crippen LogP contribution in [0.1, 0.15) is 168 Å². The molecule has 0 aliphatic heterocycles. The molecule has 0 aliphatic rings. The molecule has 8 rings (SSSR count). The van der Waals surface area contributed by atoms with E-state index in [1.54, 1.807) is 52.5 Å². The summed E-state index contributed by atoms with van der Waals surface area (Å²) in [6.45, 7) is 8.79. The van der Waals surface area contributed by atoms with Crippen LogP contribution in [0.25, 0.3) is 30.3 Å². The quantitative estimate of drug-likeness (QED) is 0.0399. The van der Waals surface area contributed by atoms with E-state index in [2.05, 4.69) is 55.8 Å². The summed E-state index contributed by atoms with van der Waals surface area (Å²) in [5.74, 6) is 3.16. The van der Waals surface area contributed by atoms with Crippen LogP contribution in [0.2, 0.25) is 0 Å². The van der Waals surface area contributed by atoms with E-state index in [1.807, 2.05) is 97.1 Å². The van der Waals surface area contributed by atoms with Gasteiger partial charge in [-0.2, -0.15) is 0 Å². The molecule has 4 aromatic carbocycles. The largest absolute Gasteiger partial charge is 0.497 e. The Morgan fingerprint density at radius 3 is 0.973 bits per heavy atom. The van der Waals surface area contributed by atoms with E-state index in [0.29, 0.717) is 19.8 Å². The third-order valence-electron chi connectivity index (χ3n) is 14.3. The molecule has 0 saturated carbocycles. The Kier molecular flexibility index (Phi) is 21.3. The van der Waals surface area contributed by atoms with Crippen LogP contribution in [0.3, 0.4) is 0 Å². The number of hydrogen-bond donors (Lipinski definition) is 2. The van der Waals surface area contributed by atoms with Crippen molar-refractivity contribution in [1.82, 2.24) is 0 Å². The number of rotatable bonds is 33. The molecular weight excluding hydrogens is 1000 g/mol. The maximum atomic E-state index is 13.4. The average molecular weight is 1080 g/mol. The first kappa shape index (κ1) is 56.3. The second-order valence-corrected chi connectivity index (χ2v) is 23.8. The summed E-state index contributed by atoms with van der Waals surface area (Å²) in [5.41, 5.74) is 2.21. The van der Waals surface area contributed by atoms with Gasteiger partial charge in [0.05, 0.1) is 36.7 Å². The van der Waals surface area contributed by atoms with Crippen LogP contribution in [-0.2, 0) is 11.2 Å². The minimum Gasteiger partial charge on any atom is -0.497 e. The summed E-state index contributed by atoms with van der Waals surface area (Å²) >= 11 is 6.62. The number of hydrogen-bond acceptors (Lipinski definition) is 10. The molecule has 1 atom stereocenters. The summed E-state index contributed by atoms with van der Waals surface area (Å²) in [7, 11) is 1.66. The zero-order valence-corrected chi connectivity index (χ0v) is 48.0. The molecule has 75 heavy (non-hydrogen) atoms. The predicted molar refractivity (Wildman–Crippen MR) is 319 cm³/mol. The highest BCUT2D eigenvalue weighted by Crippen LogP contribution is 2.51. The Labute approximate surface area is 463 Å². The molecule has 0 radical (unpaired) electrons. The Bertz CT molecular complexity index is 2800. The molecule has 2 N–H and O–H groups in total. The van der Waals surface area contributed by atoms with Crippen molar-refractivity contribution in [1.29, 1.82) is 0 Å². The molecule has 0 fully saturated rings. The smallest absolute Gasteiger partial charge is 0.150 e. The Balaban J connectivity index is 1.06. The van der Waals surface area contributed by atoms with Gasteiger partial charge in [0, 0.05) is 30.3 Å². The van der Waals surface area contributed by atoms with E-state index in [0.717, 1.165) is 105 Å². The normalized spacial score (nSPS) is 12.6. The van der Waals surface area contributed by atoms with E-state index >= 15 is 0 Å². The summed E-state index contributed by atoms with van der Waals surface area (Å²) in [6, 6.07) is 40.6. The lowest BCUT2D eigenvalue weighted by Gasteiger charge is -2.30. The van der Waals surface area contributed by atoms with Crippen molar-refractivity contribution in [3.63, 3.8) is 0 Å². The topological polar surface area (TPSA) is 77.4 Å². The molecule has 0 saturated heterocycles. The SMILES string of the molecule is CCCCCCCCOc1ccc(C(O)(c2ccc(OC)cc2)c2sccc2-c2cc3sc(-c4ccsc4C(O)(c4ccc(OCCCCCCCC)cc4)c4ccc(OCCCCCCCC)cc4)cc3s2)cc1. The molecule has 1 unspecified atom stereocenters. The molecule has 10 heteroatoms. The zero-order valence-electron chi connectivity index (χ0n) is 44.7. The second-order valence-electron chi connectivity index (χ2n) is 19.8. The second kappa shape index (κ2) is 28.4. The minimum atomic E-state index is -1.45. The molecule has 0 aliphatic carbocycles. The van der Waals surface area contributed by atoms with Gasteiger partial charge in [0.25, 0.3) is 0 Å². The van der Waals surface area contributed by atoms with Crippen LogP contribution >= 0.6 is 45.3 Å². The van der Waals surface area contributed by atoms with Gasteiger partial charge in [-0.25, -0.2) is 0 Å². The minimum absolute atomic E-state index is 0.682. The van der Waals surface area contributed by atoms with Gasteiger partial charge >= 0.3 is 0 Å². The van der Waals surface area contributed by atoms with Gasteiger partial charge < -0.3 is 29.2 Å². The monoisotopic (exact) mass is 1080 g/mol. The summed E-state index contributed by atoms with van der Waals surface area (Å²) in [6.07, 6.45) is 21.8. The number of methoxy groups -OCH3 is 1. The molecule has 0 spiro atoms. The first-order chi connectivity index (χ1) is 36.8. The van der Waals surface area contributed by atoms with Crippen molar-refractivity contribution < 1.29 is 29.2 Å². The van der Waals surface area contributed by atoms with Gasteiger partial charge in [0.1, 0.15) is 34.2 Å². The number of unbranched alkanes of at least 4 members (excludes halogenated alkanes) is 15. The summed E-state index contributed by atoms with van der Waals surface area (Å²) in [4.78, 5) is 3.89. The van der Waals surface area contributed by atoms with Crippen LogP contribution in [0.4, 0.5) is 0 Å².